The van der Waals surface area contributed by atoms with E-state index in [-0.39, 0.29) is 0 Å². The van der Waals surface area contributed by atoms with Gasteiger partial charge in [-0.3, -0.25) is 4.79 Å². The summed E-state index contributed by atoms with van der Waals surface area (Å²) >= 11 is 0. The zero-order valence-corrected chi connectivity index (χ0v) is 7.30. The number of methoxy groups -OCH3 is 1. The second-order valence-electron chi connectivity index (χ2n) is 3.43. The second-order valence-corrected chi connectivity index (χ2v) is 3.43. The summed E-state index contributed by atoms with van der Waals surface area (Å²) in [7, 11) is 1.72. The molecule has 11 heavy (non-hydrogen) atoms. The van der Waals surface area contributed by atoms with Crippen LogP contribution in [0.5, 0.6) is 0 Å². The molecule has 0 saturated heterocycles. The molecule has 2 heteroatoms. The fourth-order valence-corrected chi connectivity index (χ4v) is 1.66. The minimum atomic E-state index is 0.311. The fraction of sp³-hybridized carbons (Fsp3) is 0.889. The number of carbonyl (C=O) groups excluding carboxylic acids is 1. The van der Waals surface area contributed by atoms with Gasteiger partial charge in [0.05, 0.1) is 6.10 Å². The Hall–Kier alpha value is -0.370. The van der Waals surface area contributed by atoms with Crippen LogP contribution in [0.15, 0.2) is 0 Å². The van der Waals surface area contributed by atoms with Crippen molar-refractivity contribution in [1.82, 2.24) is 0 Å². The summed E-state index contributed by atoms with van der Waals surface area (Å²) in [5.74, 6) is 1.02. The van der Waals surface area contributed by atoms with Gasteiger partial charge in [0.15, 0.2) is 0 Å². The molecule has 2 atom stereocenters. The quantitative estimate of drug-likeness (QED) is 0.622. The Labute approximate surface area is 67.9 Å². The SMILES string of the molecule is COC(C)CC1CCC(=O)C1. The molecular formula is C9H16O2. The molecule has 1 fully saturated rings. The van der Waals surface area contributed by atoms with E-state index >= 15 is 0 Å². The normalized spacial score (nSPS) is 27.5. The number of rotatable bonds is 3. The van der Waals surface area contributed by atoms with E-state index in [2.05, 4.69) is 6.92 Å². The fourth-order valence-electron chi connectivity index (χ4n) is 1.66. The molecule has 0 bridgehead atoms. The molecule has 0 aliphatic heterocycles. The molecule has 0 N–H and O–H groups in total. The van der Waals surface area contributed by atoms with E-state index in [1.165, 1.54) is 0 Å². The number of ether oxygens (including phenoxy) is 1. The average molecular weight is 156 g/mol. The van der Waals surface area contributed by atoms with Crippen molar-refractivity contribution in [3.05, 3.63) is 0 Å². The van der Waals surface area contributed by atoms with Crippen molar-refractivity contribution >= 4 is 5.78 Å². The molecule has 1 saturated carbocycles. The third kappa shape index (κ3) is 2.62. The predicted molar refractivity (Wildman–Crippen MR) is 43.4 cm³/mol. The van der Waals surface area contributed by atoms with E-state index in [4.69, 9.17) is 4.74 Å². The topological polar surface area (TPSA) is 26.3 Å². The minimum Gasteiger partial charge on any atom is -0.382 e. The molecule has 1 aliphatic rings. The number of carbonyl (C=O) groups is 1. The maximum absolute atomic E-state index is 10.9. The molecule has 0 heterocycles. The molecule has 1 rings (SSSR count). The van der Waals surface area contributed by atoms with Crippen LogP contribution in [-0.2, 0) is 9.53 Å². The monoisotopic (exact) mass is 156 g/mol. The smallest absolute Gasteiger partial charge is 0.133 e. The maximum atomic E-state index is 10.9. The Bertz CT molecular complexity index is 142. The summed E-state index contributed by atoms with van der Waals surface area (Å²) in [4.78, 5) is 10.9. The molecular weight excluding hydrogens is 140 g/mol. The van der Waals surface area contributed by atoms with Gasteiger partial charge in [0.1, 0.15) is 5.78 Å². The van der Waals surface area contributed by atoms with Crippen LogP contribution in [0.25, 0.3) is 0 Å². The molecule has 0 radical (unpaired) electrons. The molecule has 2 unspecified atom stereocenters. The Morgan fingerprint density at radius 1 is 1.73 bits per heavy atom. The van der Waals surface area contributed by atoms with Crippen LogP contribution in [0.2, 0.25) is 0 Å². The first-order valence-corrected chi connectivity index (χ1v) is 4.27. The van der Waals surface area contributed by atoms with Crippen LogP contribution in [0.4, 0.5) is 0 Å². The number of Topliss-reactive ketones (excluding diaryl/α,β-unsaturated/α-hetero) is 1. The summed E-state index contributed by atoms with van der Waals surface area (Å²) in [6.45, 7) is 2.06. The number of hydrogen-bond acceptors (Lipinski definition) is 2. The Kier molecular flexibility index (Phi) is 3.06. The van der Waals surface area contributed by atoms with E-state index in [1.807, 2.05) is 0 Å². The predicted octanol–water partition coefficient (Wildman–Crippen LogP) is 1.78. The lowest BCUT2D eigenvalue weighted by atomic mass is 10.0. The summed E-state index contributed by atoms with van der Waals surface area (Å²) in [6, 6.07) is 0. The summed E-state index contributed by atoms with van der Waals surface area (Å²) in [5, 5.41) is 0. The molecule has 0 aromatic rings. The lowest BCUT2D eigenvalue weighted by Crippen LogP contribution is -2.10. The van der Waals surface area contributed by atoms with E-state index < -0.39 is 0 Å². The highest BCUT2D eigenvalue weighted by atomic mass is 16.5. The Balaban J connectivity index is 2.22. The van der Waals surface area contributed by atoms with Crippen molar-refractivity contribution in [3.63, 3.8) is 0 Å². The van der Waals surface area contributed by atoms with E-state index in [0.29, 0.717) is 17.8 Å². The van der Waals surface area contributed by atoms with Gasteiger partial charge in [-0.05, 0) is 25.7 Å². The van der Waals surface area contributed by atoms with Crippen LogP contribution < -0.4 is 0 Å². The van der Waals surface area contributed by atoms with Crippen molar-refractivity contribution in [2.75, 3.05) is 7.11 Å². The van der Waals surface area contributed by atoms with Gasteiger partial charge >= 0.3 is 0 Å². The van der Waals surface area contributed by atoms with Crippen LogP contribution in [0, 0.1) is 5.92 Å². The van der Waals surface area contributed by atoms with Gasteiger partial charge in [-0.2, -0.15) is 0 Å². The largest absolute Gasteiger partial charge is 0.382 e. The lowest BCUT2D eigenvalue weighted by molar-refractivity contribution is -0.117. The minimum absolute atomic E-state index is 0.311. The van der Waals surface area contributed by atoms with Gasteiger partial charge in [0, 0.05) is 20.0 Å². The standard InChI is InChI=1S/C9H16O2/c1-7(11-2)5-8-3-4-9(10)6-8/h7-8H,3-6H2,1-2H3. The van der Waals surface area contributed by atoms with Crippen molar-refractivity contribution in [3.8, 4) is 0 Å². The highest BCUT2D eigenvalue weighted by molar-refractivity contribution is 5.80. The first-order valence-electron chi connectivity index (χ1n) is 4.27. The zero-order valence-electron chi connectivity index (χ0n) is 7.30. The van der Waals surface area contributed by atoms with E-state index in [1.54, 1.807) is 7.11 Å². The average Bonchev–Trinajstić information content (AvgIpc) is 2.35. The van der Waals surface area contributed by atoms with Gasteiger partial charge in [0.2, 0.25) is 0 Å². The summed E-state index contributed by atoms with van der Waals surface area (Å²) in [6.07, 6.45) is 4.01. The maximum Gasteiger partial charge on any atom is 0.133 e. The molecule has 0 aromatic heterocycles. The van der Waals surface area contributed by atoms with E-state index in [9.17, 15) is 4.79 Å². The van der Waals surface area contributed by atoms with Gasteiger partial charge in [-0.15, -0.1) is 0 Å². The molecule has 0 spiro atoms. The Morgan fingerprint density at radius 3 is 2.91 bits per heavy atom. The van der Waals surface area contributed by atoms with Crippen LogP contribution in [0.3, 0.4) is 0 Å². The lowest BCUT2D eigenvalue weighted by Gasteiger charge is -2.13. The number of hydrogen-bond donors (Lipinski definition) is 0. The highest BCUT2D eigenvalue weighted by Crippen LogP contribution is 2.26. The highest BCUT2D eigenvalue weighted by Gasteiger charge is 2.23. The Morgan fingerprint density at radius 2 is 2.45 bits per heavy atom. The molecule has 64 valence electrons. The van der Waals surface area contributed by atoms with Crippen LogP contribution >= 0.6 is 0 Å². The van der Waals surface area contributed by atoms with Gasteiger partial charge in [-0.25, -0.2) is 0 Å². The van der Waals surface area contributed by atoms with Gasteiger partial charge in [-0.1, -0.05) is 0 Å². The molecule has 1 aliphatic carbocycles. The molecule has 0 aromatic carbocycles. The van der Waals surface area contributed by atoms with Crippen LogP contribution in [0.1, 0.15) is 32.6 Å². The van der Waals surface area contributed by atoms with Crippen LogP contribution in [-0.4, -0.2) is 19.0 Å². The summed E-state index contributed by atoms with van der Waals surface area (Å²) < 4.78 is 5.14. The molecule has 0 amide bonds. The van der Waals surface area contributed by atoms with Gasteiger partial charge < -0.3 is 4.74 Å². The van der Waals surface area contributed by atoms with Crippen molar-refractivity contribution in [2.24, 2.45) is 5.92 Å². The van der Waals surface area contributed by atoms with Crippen molar-refractivity contribution < 1.29 is 9.53 Å². The first kappa shape index (κ1) is 8.72. The summed E-state index contributed by atoms with van der Waals surface area (Å²) in [5.41, 5.74) is 0. The third-order valence-electron chi connectivity index (χ3n) is 2.42. The van der Waals surface area contributed by atoms with Gasteiger partial charge in [0.25, 0.3) is 0 Å². The second kappa shape index (κ2) is 3.86. The number of ketones is 1. The van der Waals surface area contributed by atoms with Crippen molar-refractivity contribution in [1.29, 1.82) is 0 Å². The van der Waals surface area contributed by atoms with Crippen molar-refractivity contribution in [2.45, 2.75) is 38.7 Å². The van der Waals surface area contributed by atoms with E-state index in [0.717, 1.165) is 25.7 Å². The zero-order chi connectivity index (χ0) is 8.27. The first-order chi connectivity index (χ1) is 5.22. The molecule has 2 nitrogen and oxygen atoms in total. The third-order valence-corrected chi connectivity index (χ3v) is 2.42.